The number of nitrogens with zero attached hydrogens (tertiary/aromatic N) is 4. The number of benzene rings is 1. The zero-order valence-corrected chi connectivity index (χ0v) is 17.9. The molecule has 0 saturated heterocycles. The second-order valence-electron chi connectivity index (χ2n) is 8.24. The third-order valence-electron chi connectivity index (χ3n) is 6.31. The highest BCUT2D eigenvalue weighted by Crippen LogP contribution is 2.45. The Morgan fingerprint density at radius 2 is 2.26 bits per heavy atom. The van der Waals surface area contributed by atoms with Crippen molar-refractivity contribution in [3.8, 4) is 11.9 Å². The van der Waals surface area contributed by atoms with Crippen LogP contribution >= 0.6 is 0 Å². The number of hydrogen-bond acceptors (Lipinski definition) is 5. The van der Waals surface area contributed by atoms with Gasteiger partial charge in [0.15, 0.2) is 9.92 Å². The molecule has 5 rings (SSSR count). The minimum Gasteiger partial charge on any atom is -0.477 e. The first kappa shape index (κ1) is 20.0. The number of nitrogens with one attached hydrogen (secondary N) is 1. The number of anilines is 1. The molecule has 2 atom stereocenters. The van der Waals surface area contributed by atoms with Gasteiger partial charge in [-0.15, -0.1) is 4.36 Å². The van der Waals surface area contributed by atoms with E-state index < -0.39 is 15.9 Å². The van der Waals surface area contributed by atoms with Crippen molar-refractivity contribution in [1.82, 2.24) is 9.78 Å². The van der Waals surface area contributed by atoms with E-state index in [9.17, 15) is 14.3 Å². The highest BCUT2D eigenvalue weighted by Gasteiger charge is 2.31. The van der Waals surface area contributed by atoms with Gasteiger partial charge >= 0.3 is 6.03 Å². The Balaban J connectivity index is 1.51. The van der Waals surface area contributed by atoms with Crippen molar-refractivity contribution in [2.45, 2.75) is 62.3 Å². The Morgan fingerprint density at radius 1 is 1.39 bits per heavy atom. The minimum absolute atomic E-state index is 0.0829. The molecule has 2 amide bonds. The smallest absolute Gasteiger partial charge is 0.354 e. The van der Waals surface area contributed by atoms with Gasteiger partial charge < -0.3 is 10.1 Å². The maximum Gasteiger partial charge on any atom is 0.354 e. The van der Waals surface area contributed by atoms with E-state index in [0.717, 1.165) is 55.3 Å². The third-order valence-corrected chi connectivity index (χ3v) is 7.66. The summed E-state index contributed by atoms with van der Waals surface area (Å²) in [6, 6.07) is 3.73. The normalized spacial score (nSPS) is 20.6. The lowest BCUT2D eigenvalue weighted by atomic mass is 9.92. The van der Waals surface area contributed by atoms with Crippen LogP contribution in [0.5, 0.6) is 5.88 Å². The molecule has 2 aromatic rings. The van der Waals surface area contributed by atoms with Gasteiger partial charge in [0, 0.05) is 25.1 Å². The Kier molecular flexibility index (Phi) is 4.95. The SMILES string of the molecule is N#CCC1CCc2cc3c(c(NC(=O)N=S(N)(=O)c4cnn5c4OCCC5)c21)CCC3. The van der Waals surface area contributed by atoms with Gasteiger partial charge in [0.05, 0.1) is 18.9 Å². The molecule has 3 N–H and O–H groups in total. The number of urea groups is 1. The molecule has 9 nitrogen and oxygen atoms in total. The van der Waals surface area contributed by atoms with Crippen molar-refractivity contribution < 1.29 is 13.7 Å². The summed E-state index contributed by atoms with van der Waals surface area (Å²) in [5, 5.41) is 22.3. The van der Waals surface area contributed by atoms with Crippen LogP contribution in [-0.2, 0) is 35.7 Å². The van der Waals surface area contributed by atoms with Gasteiger partial charge in [-0.1, -0.05) is 6.07 Å². The minimum atomic E-state index is -3.53. The number of carbonyl (C=O) groups excluding carboxylic acids is 1. The number of amides is 2. The number of rotatable bonds is 3. The Bertz CT molecular complexity index is 1230. The highest BCUT2D eigenvalue weighted by atomic mass is 32.2. The molecule has 0 bridgehead atoms. The third kappa shape index (κ3) is 3.47. The van der Waals surface area contributed by atoms with Crippen molar-refractivity contribution in [3.05, 3.63) is 34.5 Å². The van der Waals surface area contributed by atoms with E-state index in [2.05, 4.69) is 26.9 Å². The van der Waals surface area contributed by atoms with Crippen molar-refractivity contribution in [2.24, 2.45) is 9.50 Å². The average molecular weight is 441 g/mol. The van der Waals surface area contributed by atoms with Gasteiger partial charge in [-0.3, -0.25) is 0 Å². The van der Waals surface area contributed by atoms with Crippen LogP contribution in [-0.4, -0.2) is 26.6 Å². The summed E-state index contributed by atoms with van der Waals surface area (Å²) in [6.45, 7) is 1.11. The van der Waals surface area contributed by atoms with Crippen LogP contribution in [0.25, 0.3) is 0 Å². The van der Waals surface area contributed by atoms with Crippen LogP contribution < -0.4 is 15.2 Å². The van der Waals surface area contributed by atoms with E-state index in [1.165, 1.54) is 17.3 Å². The number of carbonyl (C=O) groups is 1. The van der Waals surface area contributed by atoms with Gasteiger partial charge in [0.2, 0.25) is 5.88 Å². The van der Waals surface area contributed by atoms with Gasteiger partial charge in [0.1, 0.15) is 4.90 Å². The monoisotopic (exact) mass is 440 g/mol. The standard InChI is InChI=1S/C21H24N6O3S/c22-8-7-13-5-6-15-11-14-3-1-4-16(14)19(18(13)15)25-21(28)26-31(23,29)17-12-24-27-9-2-10-30-20(17)27/h11-13H,1-7,9-10H2,(H3,23,25,26,28,29). The molecule has 162 valence electrons. The molecule has 0 saturated carbocycles. The molecule has 10 heteroatoms. The van der Waals surface area contributed by atoms with E-state index >= 15 is 0 Å². The Morgan fingerprint density at radius 3 is 3.10 bits per heavy atom. The van der Waals surface area contributed by atoms with Crippen molar-refractivity contribution in [1.29, 1.82) is 5.26 Å². The molecule has 1 aliphatic heterocycles. The Hall–Kier alpha value is -2.90. The first-order chi connectivity index (χ1) is 15.0. The second kappa shape index (κ2) is 7.66. The second-order valence-corrected chi connectivity index (χ2v) is 10.0. The van der Waals surface area contributed by atoms with E-state index in [-0.39, 0.29) is 10.8 Å². The lowest BCUT2D eigenvalue weighted by Crippen LogP contribution is -2.21. The predicted molar refractivity (Wildman–Crippen MR) is 114 cm³/mol. The van der Waals surface area contributed by atoms with E-state index in [1.807, 2.05) is 0 Å². The molecule has 1 aromatic heterocycles. The van der Waals surface area contributed by atoms with Crippen molar-refractivity contribution >= 4 is 21.6 Å². The van der Waals surface area contributed by atoms with Gasteiger partial charge in [-0.2, -0.15) is 10.4 Å². The molecule has 31 heavy (non-hydrogen) atoms. The van der Waals surface area contributed by atoms with Crippen LogP contribution in [0.3, 0.4) is 0 Å². The van der Waals surface area contributed by atoms with Crippen LogP contribution in [0.4, 0.5) is 10.5 Å². The maximum atomic E-state index is 13.1. The summed E-state index contributed by atoms with van der Waals surface area (Å²) in [5.74, 6) is 0.394. The number of nitriles is 1. The molecular formula is C21H24N6O3S. The number of nitrogens with two attached hydrogens (primary N) is 1. The molecule has 0 spiro atoms. The van der Waals surface area contributed by atoms with Crippen LogP contribution in [0, 0.1) is 11.3 Å². The molecule has 3 aliphatic rings. The highest BCUT2D eigenvalue weighted by molar-refractivity contribution is 7.91. The fourth-order valence-corrected chi connectivity index (χ4v) is 5.98. The zero-order chi connectivity index (χ0) is 21.6. The summed E-state index contributed by atoms with van der Waals surface area (Å²) in [6.07, 6.45) is 7.20. The largest absolute Gasteiger partial charge is 0.477 e. The van der Waals surface area contributed by atoms with Crippen LogP contribution in [0.15, 0.2) is 21.5 Å². The molecule has 2 heterocycles. The fourth-order valence-electron chi connectivity index (χ4n) is 4.98. The summed E-state index contributed by atoms with van der Waals surface area (Å²) in [4.78, 5) is 13.0. The number of aryl methyl sites for hydroxylation is 3. The first-order valence-electron chi connectivity index (χ1n) is 10.6. The molecule has 1 aromatic carbocycles. The van der Waals surface area contributed by atoms with Crippen LogP contribution in [0.2, 0.25) is 0 Å². The number of hydrogen-bond donors (Lipinski definition) is 2. The van der Waals surface area contributed by atoms with E-state index in [0.29, 0.717) is 25.5 Å². The fraction of sp³-hybridized carbons (Fsp3) is 0.476. The molecular weight excluding hydrogens is 416 g/mol. The zero-order valence-electron chi connectivity index (χ0n) is 17.1. The Labute approximate surface area is 180 Å². The van der Waals surface area contributed by atoms with E-state index in [1.54, 1.807) is 4.68 Å². The number of aromatic nitrogens is 2. The molecule has 2 aliphatic carbocycles. The number of fused-ring (bicyclic) bond motifs is 3. The summed E-state index contributed by atoms with van der Waals surface area (Å²) >= 11 is 0. The average Bonchev–Trinajstić information content (AvgIpc) is 3.46. The van der Waals surface area contributed by atoms with Crippen molar-refractivity contribution in [3.63, 3.8) is 0 Å². The molecule has 0 fully saturated rings. The lowest BCUT2D eigenvalue weighted by Gasteiger charge is -2.18. The van der Waals surface area contributed by atoms with Gasteiger partial charge in [-0.25, -0.2) is 18.8 Å². The van der Waals surface area contributed by atoms with Crippen LogP contribution in [0.1, 0.15) is 53.9 Å². The summed E-state index contributed by atoms with van der Waals surface area (Å²) < 4.78 is 24.1. The molecule has 0 radical (unpaired) electrons. The first-order valence-corrected chi connectivity index (χ1v) is 12.1. The summed E-state index contributed by atoms with van der Waals surface area (Å²) in [5.41, 5.74) is 5.28. The number of ether oxygens (including phenoxy) is 1. The molecule has 2 unspecified atom stereocenters. The van der Waals surface area contributed by atoms with Crippen molar-refractivity contribution in [2.75, 3.05) is 11.9 Å². The maximum absolute atomic E-state index is 13.1. The quantitative estimate of drug-likeness (QED) is 0.756. The topological polar surface area (TPSA) is 135 Å². The summed E-state index contributed by atoms with van der Waals surface area (Å²) in [7, 11) is -3.53. The van der Waals surface area contributed by atoms with E-state index in [4.69, 9.17) is 9.88 Å². The van der Waals surface area contributed by atoms with Gasteiger partial charge in [0.25, 0.3) is 0 Å². The lowest BCUT2D eigenvalue weighted by molar-refractivity contribution is 0.224. The van der Waals surface area contributed by atoms with Gasteiger partial charge in [-0.05, 0) is 60.3 Å². The predicted octanol–water partition coefficient (Wildman–Crippen LogP) is 3.03.